The fourth-order valence-electron chi connectivity index (χ4n) is 4.10. The van der Waals surface area contributed by atoms with Crippen LogP contribution in [0.5, 0.6) is 5.75 Å². The van der Waals surface area contributed by atoms with Gasteiger partial charge in [-0.1, -0.05) is 24.3 Å². The quantitative estimate of drug-likeness (QED) is 0.297. The number of hydrogen-bond donors (Lipinski definition) is 2. The number of benzene rings is 2. The minimum Gasteiger partial charge on any atom is -0.484 e. The summed E-state index contributed by atoms with van der Waals surface area (Å²) in [5.41, 5.74) is 7.36. The van der Waals surface area contributed by atoms with E-state index in [-0.39, 0.29) is 21.7 Å². The topological polar surface area (TPSA) is 103 Å². The number of ether oxygens (including phenoxy) is 1. The number of carbonyl (C=O) groups excluding carboxylic acids is 1. The summed E-state index contributed by atoms with van der Waals surface area (Å²) >= 11 is 1.05. The molecular formula is C26H19F3N4O3S. The van der Waals surface area contributed by atoms with Gasteiger partial charge in [0, 0.05) is 23.9 Å². The van der Waals surface area contributed by atoms with Crippen molar-refractivity contribution in [2.75, 3.05) is 0 Å². The van der Waals surface area contributed by atoms with Gasteiger partial charge in [0.15, 0.2) is 0 Å². The molecule has 3 heterocycles. The number of pyridine rings is 1. The second kappa shape index (κ2) is 9.25. The predicted molar refractivity (Wildman–Crippen MR) is 134 cm³/mol. The number of H-pyrrole nitrogens is 1. The van der Waals surface area contributed by atoms with Crippen molar-refractivity contribution in [1.29, 1.82) is 0 Å². The maximum Gasteiger partial charge on any atom is 0.416 e. The summed E-state index contributed by atoms with van der Waals surface area (Å²) in [4.78, 5) is 30.9. The molecule has 0 saturated heterocycles. The number of imidazole rings is 1. The number of thiophene rings is 1. The van der Waals surface area contributed by atoms with Gasteiger partial charge in [-0.3, -0.25) is 14.2 Å². The van der Waals surface area contributed by atoms with E-state index < -0.39 is 23.8 Å². The smallest absolute Gasteiger partial charge is 0.416 e. The predicted octanol–water partition coefficient (Wildman–Crippen LogP) is 5.70. The first-order valence-corrected chi connectivity index (χ1v) is 11.9. The number of nitrogens with one attached hydrogen (secondary N) is 1. The van der Waals surface area contributed by atoms with Crippen molar-refractivity contribution in [2.24, 2.45) is 5.73 Å². The summed E-state index contributed by atoms with van der Waals surface area (Å²) in [6.07, 6.45) is -2.43. The first-order valence-electron chi connectivity index (χ1n) is 11.0. The Morgan fingerprint density at radius 3 is 2.59 bits per heavy atom. The van der Waals surface area contributed by atoms with Crippen LogP contribution in [0.15, 0.2) is 78.0 Å². The van der Waals surface area contributed by atoms with Crippen LogP contribution >= 0.6 is 11.3 Å². The average Bonchev–Trinajstić information content (AvgIpc) is 3.47. The molecule has 11 heteroatoms. The van der Waals surface area contributed by atoms with Gasteiger partial charge in [0.1, 0.15) is 28.1 Å². The Bertz CT molecular complexity index is 1690. The number of alkyl halides is 3. The Labute approximate surface area is 212 Å². The van der Waals surface area contributed by atoms with Gasteiger partial charge in [0.25, 0.3) is 5.91 Å². The fourth-order valence-corrected chi connectivity index (χ4v) is 5.02. The van der Waals surface area contributed by atoms with Gasteiger partial charge >= 0.3 is 6.18 Å². The molecule has 188 valence electrons. The second-order valence-electron chi connectivity index (χ2n) is 8.25. The molecule has 0 spiro atoms. The SMILES string of the molecule is C[C@@H](Oc1cc(-n2cnc3cc(-c4cc[nH]c(=O)c4)ccc32)sc1C(N)=O)c1ccccc1C(F)(F)F. The molecule has 3 aromatic heterocycles. The summed E-state index contributed by atoms with van der Waals surface area (Å²) in [6, 6.07) is 15.4. The molecule has 0 aliphatic carbocycles. The number of primary amides is 1. The second-order valence-corrected chi connectivity index (χ2v) is 9.28. The summed E-state index contributed by atoms with van der Waals surface area (Å²) in [6.45, 7) is 1.48. The summed E-state index contributed by atoms with van der Waals surface area (Å²) in [7, 11) is 0. The lowest BCUT2D eigenvalue weighted by molar-refractivity contribution is -0.138. The third-order valence-electron chi connectivity index (χ3n) is 5.81. The highest BCUT2D eigenvalue weighted by atomic mass is 32.1. The number of nitrogens with two attached hydrogens (primary N) is 1. The van der Waals surface area contributed by atoms with E-state index in [0.29, 0.717) is 16.0 Å². The van der Waals surface area contributed by atoms with E-state index in [2.05, 4.69) is 9.97 Å². The zero-order valence-electron chi connectivity index (χ0n) is 19.2. The van der Waals surface area contributed by atoms with E-state index in [1.807, 2.05) is 18.2 Å². The lowest BCUT2D eigenvalue weighted by atomic mass is 10.0. The number of hydrogen-bond acceptors (Lipinski definition) is 5. The number of halogens is 3. The highest BCUT2D eigenvalue weighted by Crippen LogP contribution is 2.39. The molecular weight excluding hydrogens is 505 g/mol. The first-order chi connectivity index (χ1) is 17.6. The van der Waals surface area contributed by atoms with Crippen LogP contribution in [-0.4, -0.2) is 20.4 Å². The number of aromatic amines is 1. The molecule has 0 aliphatic rings. The van der Waals surface area contributed by atoms with Crippen LogP contribution in [0.3, 0.4) is 0 Å². The lowest BCUT2D eigenvalue weighted by Gasteiger charge is -2.19. The number of aromatic nitrogens is 3. The van der Waals surface area contributed by atoms with Crippen molar-refractivity contribution < 1.29 is 22.7 Å². The summed E-state index contributed by atoms with van der Waals surface area (Å²) < 4.78 is 48.1. The number of nitrogens with zero attached hydrogens (tertiary/aromatic N) is 2. The zero-order chi connectivity index (χ0) is 26.3. The summed E-state index contributed by atoms with van der Waals surface area (Å²) in [5, 5.41) is 0.548. The van der Waals surface area contributed by atoms with Crippen molar-refractivity contribution >= 4 is 28.3 Å². The molecule has 0 bridgehead atoms. The van der Waals surface area contributed by atoms with Crippen LogP contribution in [0.4, 0.5) is 13.2 Å². The van der Waals surface area contributed by atoms with Crippen molar-refractivity contribution in [1.82, 2.24) is 14.5 Å². The molecule has 0 unspecified atom stereocenters. The monoisotopic (exact) mass is 524 g/mol. The average molecular weight is 525 g/mol. The van der Waals surface area contributed by atoms with Gasteiger partial charge < -0.3 is 15.5 Å². The third kappa shape index (κ3) is 4.73. The molecule has 5 rings (SSSR count). The van der Waals surface area contributed by atoms with Crippen molar-refractivity contribution in [3.8, 4) is 21.9 Å². The summed E-state index contributed by atoms with van der Waals surface area (Å²) in [5.74, 6) is -0.678. The van der Waals surface area contributed by atoms with Gasteiger partial charge in [-0.25, -0.2) is 4.98 Å². The Hall–Kier alpha value is -4.38. The number of amides is 1. The van der Waals surface area contributed by atoms with E-state index in [1.54, 1.807) is 29.2 Å². The van der Waals surface area contributed by atoms with Crippen molar-refractivity contribution in [3.05, 3.63) is 99.5 Å². The zero-order valence-corrected chi connectivity index (χ0v) is 20.1. The molecule has 1 amide bonds. The molecule has 0 fully saturated rings. The molecule has 1 atom stereocenters. The molecule has 0 saturated carbocycles. The van der Waals surface area contributed by atoms with E-state index in [1.165, 1.54) is 31.2 Å². The molecule has 37 heavy (non-hydrogen) atoms. The fraction of sp³-hybridized carbons (Fsp3) is 0.115. The van der Waals surface area contributed by atoms with Crippen LogP contribution < -0.4 is 16.0 Å². The molecule has 2 aromatic carbocycles. The standard InChI is InChI=1S/C26H19F3N4O3S/c1-14(17-4-2-3-5-18(17)26(27,28)29)36-21-12-23(37-24(21)25(30)35)33-13-32-19-10-15(6-7-20(19)33)16-8-9-31-22(34)11-16/h2-14H,1H3,(H2,30,35)(H,31,34)/t14-/m1/s1. The van der Waals surface area contributed by atoms with E-state index in [0.717, 1.165) is 28.5 Å². The van der Waals surface area contributed by atoms with Crippen LogP contribution in [0.2, 0.25) is 0 Å². The van der Waals surface area contributed by atoms with Crippen molar-refractivity contribution in [2.45, 2.75) is 19.2 Å². The molecule has 5 aromatic rings. The van der Waals surface area contributed by atoms with Gasteiger partial charge in [0.05, 0.1) is 16.6 Å². The van der Waals surface area contributed by atoms with Gasteiger partial charge in [-0.2, -0.15) is 13.2 Å². The first kappa shape index (κ1) is 24.3. The van der Waals surface area contributed by atoms with Gasteiger partial charge in [-0.15, -0.1) is 11.3 Å². The number of rotatable bonds is 6. The largest absolute Gasteiger partial charge is 0.484 e. The Morgan fingerprint density at radius 1 is 1.11 bits per heavy atom. The van der Waals surface area contributed by atoms with Gasteiger partial charge in [-0.05, 0) is 42.3 Å². The lowest BCUT2D eigenvalue weighted by Crippen LogP contribution is -2.15. The van der Waals surface area contributed by atoms with E-state index in [4.69, 9.17) is 10.5 Å². The molecule has 0 aliphatic heterocycles. The van der Waals surface area contributed by atoms with Crippen LogP contribution in [-0.2, 0) is 6.18 Å². The van der Waals surface area contributed by atoms with E-state index >= 15 is 0 Å². The van der Waals surface area contributed by atoms with Crippen LogP contribution in [0.1, 0.15) is 33.8 Å². The Kier molecular flexibility index (Phi) is 6.08. The number of carbonyl (C=O) groups is 1. The highest BCUT2D eigenvalue weighted by molar-refractivity contribution is 7.16. The van der Waals surface area contributed by atoms with Gasteiger partial charge in [0.2, 0.25) is 5.56 Å². The minimum atomic E-state index is -4.55. The maximum absolute atomic E-state index is 13.5. The number of fused-ring (bicyclic) bond motifs is 1. The van der Waals surface area contributed by atoms with E-state index in [9.17, 15) is 22.8 Å². The maximum atomic E-state index is 13.5. The Morgan fingerprint density at radius 2 is 1.86 bits per heavy atom. The normalized spacial score (nSPS) is 12.5. The molecule has 3 N–H and O–H groups in total. The highest BCUT2D eigenvalue weighted by Gasteiger charge is 2.35. The Balaban J connectivity index is 1.51. The van der Waals surface area contributed by atoms with Crippen LogP contribution in [0, 0.1) is 0 Å². The minimum absolute atomic E-state index is 0.0569. The molecule has 0 radical (unpaired) electrons. The third-order valence-corrected chi connectivity index (χ3v) is 6.94. The molecule has 7 nitrogen and oxygen atoms in total. The van der Waals surface area contributed by atoms with Crippen LogP contribution in [0.25, 0.3) is 27.2 Å². The van der Waals surface area contributed by atoms with Crippen molar-refractivity contribution in [3.63, 3.8) is 0 Å².